The Balaban J connectivity index is 1.48. The minimum atomic E-state index is 1.11. The highest BCUT2D eigenvalue weighted by atomic mass is 15.1. The Hall–Kier alpha value is -5.92. The molecule has 8 rings (SSSR count). The van der Waals surface area contributed by atoms with Crippen LogP contribution >= 0.6 is 0 Å². The molecule has 0 spiro atoms. The van der Waals surface area contributed by atoms with Gasteiger partial charge in [0.05, 0.1) is 11.4 Å². The summed E-state index contributed by atoms with van der Waals surface area (Å²) in [6.07, 6.45) is 0. The summed E-state index contributed by atoms with van der Waals surface area (Å²) in [5, 5.41) is 4.94. The predicted molar refractivity (Wildman–Crippen MR) is 192 cm³/mol. The van der Waals surface area contributed by atoms with Crippen molar-refractivity contribution in [3.63, 3.8) is 0 Å². The minimum Gasteiger partial charge on any atom is -0.309 e. The molecule has 1 nitrogen and oxygen atoms in total. The lowest BCUT2D eigenvalue weighted by Gasteiger charge is -2.30. The van der Waals surface area contributed by atoms with Crippen molar-refractivity contribution in [2.45, 2.75) is 0 Å². The summed E-state index contributed by atoms with van der Waals surface area (Å²) in [5.74, 6) is 0. The highest BCUT2D eigenvalue weighted by molar-refractivity contribution is 6.15. The molecule has 45 heavy (non-hydrogen) atoms. The fourth-order valence-corrected chi connectivity index (χ4v) is 6.49. The molecule has 0 N–H and O–H groups in total. The molecule has 212 valence electrons. The number of rotatable bonds is 6. The van der Waals surface area contributed by atoms with E-state index in [0.717, 1.165) is 17.1 Å². The van der Waals surface area contributed by atoms with E-state index in [4.69, 9.17) is 0 Å². The lowest BCUT2D eigenvalue weighted by molar-refractivity contribution is 1.30. The van der Waals surface area contributed by atoms with Gasteiger partial charge in [0.1, 0.15) is 0 Å². The number of fused-ring (bicyclic) bond motifs is 3. The second-order valence-corrected chi connectivity index (χ2v) is 11.4. The Bertz CT molecular complexity index is 2200. The zero-order valence-corrected chi connectivity index (χ0v) is 24.8. The van der Waals surface area contributed by atoms with Crippen molar-refractivity contribution in [2.75, 3.05) is 4.90 Å². The third-order valence-corrected chi connectivity index (χ3v) is 8.61. The lowest BCUT2D eigenvalue weighted by Crippen LogP contribution is -2.12. The van der Waals surface area contributed by atoms with E-state index in [1.54, 1.807) is 0 Å². The molecule has 8 aromatic carbocycles. The summed E-state index contributed by atoms with van der Waals surface area (Å²) >= 11 is 0. The Morgan fingerprint density at radius 3 is 1.42 bits per heavy atom. The molecular weight excluding hydrogens is 542 g/mol. The van der Waals surface area contributed by atoms with Gasteiger partial charge in [-0.25, -0.2) is 0 Å². The average Bonchev–Trinajstić information content (AvgIpc) is 3.13. The SMILES string of the molecule is c1ccc(-c2cc(-c3ccccc3)cc(N(c3ccccc3-c3ccccc3)c3cc4ccccc4c4ccccc34)c2)cc1. The van der Waals surface area contributed by atoms with Gasteiger partial charge in [0.15, 0.2) is 0 Å². The molecule has 0 radical (unpaired) electrons. The number of hydrogen-bond acceptors (Lipinski definition) is 1. The Kier molecular flexibility index (Phi) is 6.90. The maximum atomic E-state index is 2.47. The van der Waals surface area contributed by atoms with Crippen LogP contribution in [0.5, 0.6) is 0 Å². The zero-order valence-electron chi connectivity index (χ0n) is 24.8. The van der Waals surface area contributed by atoms with E-state index in [9.17, 15) is 0 Å². The third-order valence-electron chi connectivity index (χ3n) is 8.61. The fraction of sp³-hybridized carbons (Fsp3) is 0. The van der Waals surface area contributed by atoms with Gasteiger partial charge in [-0.15, -0.1) is 0 Å². The molecule has 0 heterocycles. The van der Waals surface area contributed by atoms with Crippen LogP contribution in [0.25, 0.3) is 54.9 Å². The molecule has 0 atom stereocenters. The van der Waals surface area contributed by atoms with E-state index in [1.165, 1.54) is 54.9 Å². The molecule has 0 aliphatic rings. The van der Waals surface area contributed by atoms with E-state index in [-0.39, 0.29) is 0 Å². The van der Waals surface area contributed by atoms with Crippen molar-refractivity contribution in [2.24, 2.45) is 0 Å². The highest BCUT2D eigenvalue weighted by Gasteiger charge is 2.21. The smallest absolute Gasteiger partial charge is 0.0546 e. The standard InChI is InChI=1S/C44H31N/c1-4-16-32(17-5-1)36-28-37(33-18-6-2-7-19-33)30-38(29-36)45(43-27-15-14-24-40(43)34-20-8-3-9-21-34)44-31-35-22-10-11-23-39(35)41-25-12-13-26-42(41)44/h1-31H. The number of hydrogen-bond donors (Lipinski definition) is 0. The van der Waals surface area contributed by atoms with Crippen LogP contribution in [0.4, 0.5) is 17.1 Å². The van der Waals surface area contributed by atoms with Crippen LogP contribution in [-0.2, 0) is 0 Å². The summed E-state index contributed by atoms with van der Waals surface area (Å²) in [4.78, 5) is 2.47. The molecule has 1 heteroatoms. The van der Waals surface area contributed by atoms with Gasteiger partial charge >= 0.3 is 0 Å². The van der Waals surface area contributed by atoms with Gasteiger partial charge in [0, 0.05) is 16.6 Å². The van der Waals surface area contributed by atoms with Crippen LogP contribution in [0.3, 0.4) is 0 Å². The van der Waals surface area contributed by atoms with Crippen molar-refractivity contribution < 1.29 is 0 Å². The van der Waals surface area contributed by atoms with E-state index in [1.807, 2.05) is 0 Å². The molecule has 0 aliphatic heterocycles. The maximum Gasteiger partial charge on any atom is 0.0546 e. The van der Waals surface area contributed by atoms with Crippen molar-refractivity contribution in [1.82, 2.24) is 0 Å². The predicted octanol–water partition coefficient (Wildman–Crippen LogP) is 12.5. The quantitative estimate of drug-likeness (QED) is 0.179. The largest absolute Gasteiger partial charge is 0.309 e. The average molecular weight is 574 g/mol. The van der Waals surface area contributed by atoms with Crippen LogP contribution in [-0.4, -0.2) is 0 Å². The molecule has 0 aliphatic carbocycles. The van der Waals surface area contributed by atoms with Gasteiger partial charge in [-0.05, 0) is 74.3 Å². The first-order chi connectivity index (χ1) is 22.3. The second-order valence-electron chi connectivity index (χ2n) is 11.4. The van der Waals surface area contributed by atoms with E-state index in [0.29, 0.717) is 0 Å². The summed E-state index contributed by atoms with van der Waals surface area (Å²) in [6, 6.07) is 67.8. The lowest BCUT2D eigenvalue weighted by atomic mass is 9.95. The first kappa shape index (κ1) is 26.7. The maximum absolute atomic E-state index is 2.47. The van der Waals surface area contributed by atoms with Crippen molar-refractivity contribution in [3.8, 4) is 33.4 Å². The van der Waals surface area contributed by atoms with Crippen LogP contribution < -0.4 is 4.90 Å². The Morgan fingerprint density at radius 1 is 0.289 bits per heavy atom. The Labute approximate surface area is 264 Å². The van der Waals surface area contributed by atoms with E-state index >= 15 is 0 Å². The molecule has 0 aromatic heterocycles. The topological polar surface area (TPSA) is 3.24 Å². The highest BCUT2D eigenvalue weighted by Crippen LogP contribution is 2.46. The number of para-hydroxylation sites is 1. The number of benzene rings is 8. The van der Waals surface area contributed by atoms with Gasteiger partial charge in [0.25, 0.3) is 0 Å². The molecule has 0 saturated heterocycles. The molecule has 0 amide bonds. The minimum absolute atomic E-state index is 1.11. The van der Waals surface area contributed by atoms with Gasteiger partial charge < -0.3 is 4.90 Å². The first-order valence-corrected chi connectivity index (χ1v) is 15.4. The van der Waals surface area contributed by atoms with E-state index < -0.39 is 0 Å². The molecule has 0 unspecified atom stereocenters. The van der Waals surface area contributed by atoms with Crippen molar-refractivity contribution in [3.05, 3.63) is 188 Å². The summed E-state index contributed by atoms with van der Waals surface area (Å²) in [6.45, 7) is 0. The van der Waals surface area contributed by atoms with Crippen molar-refractivity contribution in [1.29, 1.82) is 0 Å². The molecule has 8 aromatic rings. The van der Waals surface area contributed by atoms with Gasteiger partial charge in [-0.1, -0.05) is 158 Å². The molecule has 0 bridgehead atoms. The second kappa shape index (κ2) is 11.6. The Morgan fingerprint density at radius 2 is 0.778 bits per heavy atom. The summed E-state index contributed by atoms with van der Waals surface area (Å²) in [5.41, 5.74) is 10.5. The first-order valence-electron chi connectivity index (χ1n) is 15.4. The summed E-state index contributed by atoms with van der Waals surface area (Å²) in [7, 11) is 0. The zero-order chi connectivity index (χ0) is 30.0. The molecule has 0 saturated carbocycles. The van der Waals surface area contributed by atoms with Crippen LogP contribution in [0.15, 0.2) is 188 Å². The van der Waals surface area contributed by atoms with Crippen LogP contribution in [0.1, 0.15) is 0 Å². The van der Waals surface area contributed by atoms with E-state index in [2.05, 4.69) is 193 Å². The van der Waals surface area contributed by atoms with Gasteiger partial charge in [0.2, 0.25) is 0 Å². The normalized spacial score (nSPS) is 11.1. The monoisotopic (exact) mass is 573 g/mol. The van der Waals surface area contributed by atoms with Gasteiger partial charge in [-0.2, -0.15) is 0 Å². The molecular formula is C44H31N. The van der Waals surface area contributed by atoms with Crippen LogP contribution in [0.2, 0.25) is 0 Å². The number of anilines is 3. The third kappa shape index (κ3) is 5.05. The molecule has 0 fully saturated rings. The number of nitrogens with zero attached hydrogens (tertiary/aromatic N) is 1. The van der Waals surface area contributed by atoms with Gasteiger partial charge in [-0.3, -0.25) is 0 Å². The fourth-order valence-electron chi connectivity index (χ4n) is 6.49. The van der Waals surface area contributed by atoms with Crippen molar-refractivity contribution >= 4 is 38.6 Å². The summed E-state index contributed by atoms with van der Waals surface area (Å²) < 4.78 is 0. The van der Waals surface area contributed by atoms with Crippen LogP contribution in [0, 0.1) is 0 Å².